The Bertz CT molecular complexity index is 311. The van der Waals surface area contributed by atoms with E-state index in [4.69, 9.17) is 10.5 Å². The summed E-state index contributed by atoms with van der Waals surface area (Å²) in [5, 5.41) is 3.22. The highest BCUT2D eigenvalue weighted by atomic mass is 16.5. The second kappa shape index (κ2) is 3.08. The van der Waals surface area contributed by atoms with Gasteiger partial charge in [0.15, 0.2) is 0 Å². The third kappa shape index (κ3) is 1.99. The largest absolute Gasteiger partial charge is 0.481 e. The van der Waals surface area contributed by atoms with Crippen LogP contribution in [-0.4, -0.2) is 23.1 Å². The average Bonchev–Trinajstić information content (AvgIpc) is 2.87. The number of hydrogen-bond donors (Lipinski definition) is 2. The van der Waals surface area contributed by atoms with Crippen LogP contribution in [0.5, 0.6) is 5.88 Å². The molecular formula is C8H12N4O. The van der Waals surface area contributed by atoms with Gasteiger partial charge in [-0.15, -0.1) is 0 Å². The van der Waals surface area contributed by atoms with Crippen molar-refractivity contribution in [3.8, 4) is 5.88 Å². The first kappa shape index (κ1) is 8.10. The smallest absolute Gasteiger partial charge is 0.225 e. The summed E-state index contributed by atoms with van der Waals surface area (Å²) in [6, 6.07) is 2.30. The molecule has 1 aliphatic carbocycles. The van der Waals surface area contributed by atoms with Crippen molar-refractivity contribution in [1.29, 1.82) is 0 Å². The zero-order valence-electron chi connectivity index (χ0n) is 7.45. The summed E-state index contributed by atoms with van der Waals surface area (Å²) in [5.41, 5.74) is 5.49. The number of hydrogen-bond acceptors (Lipinski definition) is 5. The second-order valence-corrected chi connectivity index (χ2v) is 3.07. The van der Waals surface area contributed by atoms with Gasteiger partial charge in [-0.1, -0.05) is 0 Å². The van der Waals surface area contributed by atoms with Gasteiger partial charge in [-0.3, -0.25) is 0 Å². The lowest BCUT2D eigenvalue weighted by atomic mass is 10.5. The van der Waals surface area contributed by atoms with Gasteiger partial charge in [-0.2, -0.15) is 9.97 Å². The van der Waals surface area contributed by atoms with Crippen LogP contribution in [-0.2, 0) is 0 Å². The minimum atomic E-state index is 0.238. The molecule has 0 saturated heterocycles. The maximum Gasteiger partial charge on any atom is 0.225 e. The van der Waals surface area contributed by atoms with Gasteiger partial charge < -0.3 is 15.8 Å². The lowest BCUT2D eigenvalue weighted by Crippen LogP contribution is -2.06. The summed E-state index contributed by atoms with van der Waals surface area (Å²) < 4.78 is 4.97. The predicted octanol–water partition coefficient (Wildman–Crippen LogP) is 0.642. The van der Waals surface area contributed by atoms with E-state index in [-0.39, 0.29) is 5.95 Å². The fourth-order valence-electron chi connectivity index (χ4n) is 1.06. The molecule has 3 N–H and O–H groups in total. The number of nitrogens with one attached hydrogen (secondary N) is 1. The second-order valence-electron chi connectivity index (χ2n) is 3.07. The summed E-state index contributed by atoms with van der Waals surface area (Å²) in [6.07, 6.45) is 2.40. The van der Waals surface area contributed by atoms with Crippen LogP contribution in [0.1, 0.15) is 12.8 Å². The van der Waals surface area contributed by atoms with Gasteiger partial charge in [0.1, 0.15) is 5.82 Å². The molecule has 1 heterocycles. The van der Waals surface area contributed by atoms with Crippen molar-refractivity contribution in [3.63, 3.8) is 0 Å². The van der Waals surface area contributed by atoms with Crippen LogP contribution in [0, 0.1) is 0 Å². The van der Waals surface area contributed by atoms with E-state index < -0.39 is 0 Å². The van der Waals surface area contributed by atoms with Gasteiger partial charge in [0, 0.05) is 12.1 Å². The average molecular weight is 180 g/mol. The first-order valence-electron chi connectivity index (χ1n) is 4.23. The van der Waals surface area contributed by atoms with Gasteiger partial charge in [0.2, 0.25) is 11.8 Å². The van der Waals surface area contributed by atoms with Crippen LogP contribution in [0.15, 0.2) is 6.07 Å². The molecule has 2 rings (SSSR count). The maximum atomic E-state index is 5.49. The fourth-order valence-corrected chi connectivity index (χ4v) is 1.06. The summed E-state index contributed by atoms with van der Waals surface area (Å²) in [6.45, 7) is 0. The number of rotatable bonds is 3. The van der Waals surface area contributed by atoms with Crippen molar-refractivity contribution in [2.75, 3.05) is 18.2 Å². The lowest BCUT2D eigenvalue weighted by molar-refractivity contribution is 0.398. The van der Waals surface area contributed by atoms with E-state index in [0.29, 0.717) is 11.9 Å². The topological polar surface area (TPSA) is 73.1 Å². The molecule has 0 aromatic carbocycles. The van der Waals surface area contributed by atoms with Crippen LogP contribution in [0.4, 0.5) is 11.8 Å². The Morgan fingerprint density at radius 3 is 2.92 bits per heavy atom. The highest BCUT2D eigenvalue weighted by molar-refractivity contribution is 5.44. The van der Waals surface area contributed by atoms with E-state index in [0.717, 1.165) is 5.82 Å². The quantitative estimate of drug-likeness (QED) is 0.714. The predicted molar refractivity (Wildman–Crippen MR) is 49.6 cm³/mol. The molecule has 0 unspecified atom stereocenters. The molecule has 0 spiro atoms. The van der Waals surface area contributed by atoms with Gasteiger partial charge in [0.25, 0.3) is 0 Å². The van der Waals surface area contributed by atoms with Crippen molar-refractivity contribution in [2.24, 2.45) is 0 Å². The number of nitrogen functional groups attached to an aromatic ring is 1. The molecule has 1 fully saturated rings. The summed E-state index contributed by atoms with van der Waals surface area (Å²) in [4.78, 5) is 7.92. The van der Waals surface area contributed by atoms with Crippen molar-refractivity contribution < 1.29 is 4.74 Å². The monoisotopic (exact) mass is 180 g/mol. The van der Waals surface area contributed by atoms with E-state index >= 15 is 0 Å². The Morgan fingerprint density at radius 1 is 1.54 bits per heavy atom. The Balaban J connectivity index is 2.17. The van der Waals surface area contributed by atoms with Gasteiger partial charge in [-0.05, 0) is 12.8 Å². The zero-order valence-corrected chi connectivity index (χ0v) is 7.45. The molecule has 0 bridgehead atoms. The highest BCUT2D eigenvalue weighted by Crippen LogP contribution is 2.25. The summed E-state index contributed by atoms with van der Waals surface area (Å²) in [7, 11) is 1.56. The van der Waals surface area contributed by atoms with Gasteiger partial charge in [-0.25, -0.2) is 0 Å². The first-order chi connectivity index (χ1) is 6.28. The number of methoxy groups -OCH3 is 1. The molecule has 5 nitrogen and oxygen atoms in total. The number of nitrogens with two attached hydrogens (primary N) is 1. The van der Waals surface area contributed by atoms with E-state index in [1.54, 1.807) is 13.2 Å². The van der Waals surface area contributed by atoms with Crippen LogP contribution in [0.25, 0.3) is 0 Å². The van der Waals surface area contributed by atoms with Crippen LogP contribution in [0.2, 0.25) is 0 Å². The molecular weight excluding hydrogens is 168 g/mol. The minimum absolute atomic E-state index is 0.238. The molecule has 1 saturated carbocycles. The SMILES string of the molecule is COc1cc(NC2CC2)nc(N)n1. The molecule has 0 radical (unpaired) electrons. The fraction of sp³-hybridized carbons (Fsp3) is 0.500. The molecule has 0 atom stereocenters. The first-order valence-corrected chi connectivity index (χ1v) is 4.23. The molecule has 1 aromatic rings. The maximum absolute atomic E-state index is 5.49. The summed E-state index contributed by atoms with van der Waals surface area (Å²) in [5.74, 6) is 1.48. The van der Waals surface area contributed by atoms with Crippen molar-refractivity contribution in [3.05, 3.63) is 6.07 Å². The van der Waals surface area contributed by atoms with E-state index in [1.807, 2.05) is 0 Å². The molecule has 1 aliphatic rings. The number of anilines is 2. The third-order valence-electron chi connectivity index (χ3n) is 1.86. The van der Waals surface area contributed by atoms with Crippen LogP contribution in [0.3, 0.4) is 0 Å². The standard InChI is InChI=1S/C8H12N4O/c1-13-7-4-6(10-5-2-3-5)11-8(9)12-7/h4-5H,2-3H2,1H3,(H3,9,10,11,12). The Labute approximate surface area is 76.3 Å². The molecule has 13 heavy (non-hydrogen) atoms. The minimum Gasteiger partial charge on any atom is -0.481 e. The normalized spacial score (nSPS) is 15.5. The summed E-state index contributed by atoms with van der Waals surface area (Å²) >= 11 is 0. The molecule has 1 aromatic heterocycles. The molecule has 5 heteroatoms. The number of ether oxygens (including phenoxy) is 1. The third-order valence-corrected chi connectivity index (χ3v) is 1.86. The van der Waals surface area contributed by atoms with Crippen molar-refractivity contribution in [1.82, 2.24) is 9.97 Å². The molecule has 70 valence electrons. The van der Waals surface area contributed by atoms with Gasteiger partial charge >= 0.3 is 0 Å². The Morgan fingerprint density at radius 2 is 2.31 bits per heavy atom. The number of aromatic nitrogens is 2. The molecule has 0 amide bonds. The van der Waals surface area contributed by atoms with Crippen molar-refractivity contribution >= 4 is 11.8 Å². The zero-order chi connectivity index (χ0) is 9.26. The Hall–Kier alpha value is -1.52. The van der Waals surface area contributed by atoms with E-state index in [9.17, 15) is 0 Å². The molecule has 0 aliphatic heterocycles. The van der Waals surface area contributed by atoms with Crippen LogP contribution >= 0.6 is 0 Å². The van der Waals surface area contributed by atoms with E-state index in [1.165, 1.54) is 12.8 Å². The highest BCUT2D eigenvalue weighted by Gasteiger charge is 2.21. The van der Waals surface area contributed by atoms with E-state index in [2.05, 4.69) is 15.3 Å². The van der Waals surface area contributed by atoms with Gasteiger partial charge in [0.05, 0.1) is 7.11 Å². The van der Waals surface area contributed by atoms with Crippen molar-refractivity contribution in [2.45, 2.75) is 18.9 Å². The number of nitrogens with zero attached hydrogens (tertiary/aromatic N) is 2. The lowest BCUT2D eigenvalue weighted by Gasteiger charge is -2.05. The van der Waals surface area contributed by atoms with Crippen LogP contribution < -0.4 is 15.8 Å². The Kier molecular flexibility index (Phi) is 1.92.